The molecule has 0 bridgehead atoms. The molecule has 1 aromatic carbocycles. The van der Waals surface area contributed by atoms with Crippen molar-refractivity contribution in [2.45, 2.75) is 19.4 Å². The molecule has 0 saturated carbocycles. The van der Waals surface area contributed by atoms with Gasteiger partial charge in [-0.05, 0) is 30.5 Å². The van der Waals surface area contributed by atoms with Gasteiger partial charge in [-0.25, -0.2) is 8.78 Å². The van der Waals surface area contributed by atoms with Crippen molar-refractivity contribution >= 4 is 11.6 Å². The van der Waals surface area contributed by atoms with Gasteiger partial charge in [-0.15, -0.1) is 0 Å². The molecule has 1 saturated heterocycles. The monoisotopic (exact) mass is 283 g/mol. The molecule has 1 amide bonds. The van der Waals surface area contributed by atoms with Crippen LogP contribution < -0.4 is 10.6 Å². The van der Waals surface area contributed by atoms with Crippen molar-refractivity contribution in [2.24, 2.45) is 5.73 Å². The van der Waals surface area contributed by atoms with E-state index in [0.29, 0.717) is 5.56 Å². The summed E-state index contributed by atoms with van der Waals surface area (Å²) in [5, 5.41) is 0. The van der Waals surface area contributed by atoms with E-state index in [4.69, 9.17) is 5.73 Å². The van der Waals surface area contributed by atoms with Gasteiger partial charge < -0.3 is 15.5 Å². The molecule has 1 fully saturated rings. The Kier molecular flexibility index (Phi) is 4.54. The fraction of sp³-hybridized carbons (Fsp3) is 0.500. The Hall–Kier alpha value is -1.69. The highest BCUT2D eigenvalue weighted by molar-refractivity contribution is 5.81. The van der Waals surface area contributed by atoms with Crippen molar-refractivity contribution in [3.8, 4) is 0 Å². The van der Waals surface area contributed by atoms with Crippen LogP contribution in [0.2, 0.25) is 0 Å². The Labute approximate surface area is 117 Å². The average Bonchev–Trinajstić information content (AvgIpc) is 2.91. The molecule has 4 nitrogen and oxygen atoms in total. The number of anilines is 1. The second-order valence-electron chi connectivity index (χ2n) is 5.06. The predicted octanol–water partition coefficient (Wildman–Crippen LogP) is 1.48. The lowest BCUT2D eigenvalue weighted by molar-refractivity contribution is -0.128. The van der Waals surface area contributed by atoms with Crippen LogP contribution in [0.3, 0.4) is 0 Å². The molecule has 1 heterocycles. The first-order chi connectivity index (χ1) is 9.52. The molecule has 2 rings (SSSR count). The quantitative estimate of drug-likeness (QED) is 0.910. The van der Waals surface area contributed by atoms with Crippen LogP contribution >= 0.6 is 0 Å². The number of hydrogen-bond acceptors (Lipinski definition) is 3. The maximum atomic E-state index is 13.9. The van der Waals surface area contributed by atoms with Crippen molar-refractivity contribution in [3.05, 3.63) is 29.3 Å². The van der Waals surface area contributed by atoms with Crippen LogP contribution in [0, 0.1) is 11.6 Å². The first-order valence-corrected chi connectivity index (χ1v) is 6.70. The fourth-order valence-electron chi connectivity index (χ4n) is 2.45. The normalized spacial score (nSPS) is 14.7. The van der Waals surface area contributed by atoms with Gasteiger partial charge in [-0.1, -0.05) is 0 Å². The SMILES string of the molecule is CN(CC(=O)N1CCCC1)c1c(F)cc(CN)cc1F. The minimum Gasteiger partial charge on any atom is -0.361 e. The van der Waals surface area contributed by atoms with Gasteiger partial charge in [0.15, 0.2) is 0 Å². The molecule has 2 N–H and O–H groups in total. The molecule has 1 aromatic rings. The maximum Gasteiger partial charge on any atom is 0.242 e. The van der Waals surface area contributed by atoms with Crippen molar-refractivity contribution in [3.63, 3.8) is 0 Å². The van der Waals surface area contributed by atoms with Crippen molar-refractivity contribution in [2.75, 3.05) is 31.6 Å². The summed E-state index contributed by atoms with van der Waals surface area (Å²) in [5.74, 6) is -1.49. The summed E-state index contributed by atoms with van der Waals surface area (Å²) in [5.41, 5.74) is 5.58. The van der Waals surface area contributed by atoms with Crippen molar-refractivity contribution in [1.29, 1.82) is 0 Å². The van der Waals surface area contributed by atoms with Crippen LogP contribution in [0.1, 0.15) is 18.4 Å². The van der Waals surface area contributed by atoms with Gasteiger partial charge in [-0.2, -0.15) is 0 Å². The molecule has 0 unspecified atom stereocenters. The minimum absolute atomic E-state index is 0.0319. The molecule has 0 atom stereocenters. The highest BCUT2D eigenvalue weighted by Crippen LogP contribution is 2.24. The zero-order valence-electron chi connectivity index (χ0n) is 11.5. The molecule has 0 radical (unpaired) electrons. The zero-order chi connectivity index (χ0) is 14.7. The van der Waals surface area contributed by atoms with Gasteiger partial charge in [-0.3, -0.25) is 4.79 Å². The van der Waals surface area contributed by atoms with E-state index in [0.717, 1.165) is 25.9 Å². The standard InChI is InChI=1S/C14H19F2N3O/c1-18(9-13(20)19-4-2-3-5-19)14-11(15)6-10(8-17)7-12(14)16/h6-7H,2-5,8-9,17H2,1H3. The van der Waals surface area contributed by atoms with Crippen molar-refractivity contribution in [1.82, 2.24) is 4.90 Å². The Morgan fingerprint density at radius 3 is 2.35 bits per heavy atom. The highest BCUT2D eigenvalue weighted by Gasteiger charge is 2.22. The molecule has 0 aliphatic carbocycles. The first-order valence-electron chi connectivity index (χ1n) is 6.70. The van der Waals surface area contributed by atoms with Gasteiger partial charge in [0.25, 0.3) is 0 Å². The Morgan fingerprint density at radius 2 is 1.85 bits per heavy atom. The molecular formula is C14H19F2N3O. The lowest BCUT2D eigenvalue weighted by Crippen LogP contribution is -2.37. The summed E-state index contributed by atoms with van der Waals surface area (Å²) in [6.45, 7) is 1.49. The lowest BCUT2D eigenvalue weighted by atomic mass is 10.1. The molecule has 1 aliphatic rings. The summed E-state index contributed by atoms with van der Waals surface area (Å²) in [4.78, 5) is 15.0. The van der Waals surface area contributed by atoms with E-state index in [2.05, 4.69) is 0 Å². The van der Waals surface area contributed by atoms with E-state index in [1.54, 1.807) is 4.90 Å². The van der Waals surface area contributed by atoms with Crippen LogP contribution in [-0.2, 0) is 11.3 Å². The molecule has 110 valence electrons. The Bertz CT molecular complexity index is 478. The van der Waals surface area contributed by atoms with Gasteiger partial charge in [0, 0.05) is 26.7 Å². The van der Waals surface area contributed by atoms with Crippen LogP contribution in [0.25, 0.3) is 0 Å². The minimum atomic E-state index is -0.692. The molecule has 0 aromatic heterocycles. The second kappa shape index (κ2) is 6.17. The third-order valence-corrected chi connectivity index (χ3v) is 3.53. The van der Waals surface area contributed by atoms with Gasteiger partial charge in [0.2, 0.25) is 5.91 Å². The number of likely N-dealkylation sites (tertiary alicyclic amines) is 1. The molecular weight excluding hydrogens is 264 g/mol. The number of likely N-dealkylation sites (N-methyl/N-ethyl adjacent to an activating group) is 1. The highest BCUT2D eigenvalue weighted by atomic mass is 19.1. The Morgan fingerprint density at radius 1 is 1.30 bits per heavy atom. The van der Waals surface area contributed by atoms with Crippen LogP contribution in [0.4, 0.5) is 14.5 Å². The topological polar surface area (TPSA) is 49.6 Å². The molecule has 20 heavy (non-hydrogen) atoms. The third-order valence-electron chi connectivity index (χ3n) is 3.53. The average molecular weight is 283 g/mol. The fourth-order valence-corrected chi connectivity index (χ4v) is 2.45. The summed E-state index contributed by atoms with van der Waals surface area (Å²) in [6, 6.07) is 2.41. The zero-order valence-corrected chi connectivity index (χ0v) is 11.5. The molecule has 1 aliphatic heterocycles. The van der Waals surface area contributed by atoms with Crippen LogP contribution in [0.15, 0.2) is 12.1 Å². The van der Waals surface area contributed by atoms with Crippen LogP contribution in [0.5, 0.6) is 0 Å². The first kappa shape index (κ1) is 14.7. The number of hydrogen-bond donors (Lipinski definition) is 1. The molecule has 6 heteroatoms. The van der Waals surface area contributed by atoms with E-state index >= 15 is 0 Å². The van der Waals surface area contributed by atoms with Gasteiger partial charge in [0.1, 0.15) is 17.3 Å². The smallest absolute Gasteiger partial charge is 0.242 e. The number of halogens is 2. The van der Waals surface area contributed by atoms with E-state index in [9.17, 15) is 13.6 Å². The van der Waals surface area contributed by atoms with E-state index < -0.39 is 11.6 Å². The number of benzene rings is 1. The number of nitrogens with two attached hydrogens (primary N) is 1. The predicted molar refractivity (Wildman–Crippen MR) is 73.3 cm³/mol. The Balaban J connectivity index is 2.12. The van der Waals surface area contributed by atoms with E-state index in [1.165, 1.54) is 24.1 Å². The third kappa shape index (κ3) is 3.07. The maximum absolute atomic E-state index is 13.9. The van der Waals surface area contributed by atoms with E-state index in [-0.39, 0.29) is 24.7 Å². The van der Waals surface area contributed by atoms with Gasteiger partial charge in [0.05, 0.1) is 6.54 Å². The number of carbonyl (C=O) groups excluding carboxylic acids is 1. The summed E-state index contributed by atoms with van der Waals surface area (Å²) in [6.07, 6.45) is 1.98. The number of rotatable bonds is 4. The number of amides is 1. The number of carbonyl (C=O) groups is 1. The van der Waals surface area contributed by atoms with Crippen molar-refractivity contribution < 1.29 is 13.6 Å². The van der Waals surface area contributed by atoms with Gasteiger partial charge >= 0.3 is 0 Å². The van der Waals surface area contributed by atoms with E-state index in [1.807, 2.05) is 0 Å². The molecule has 0 spiro atoms. The largest absolute Gasteiger partial charge is 0.361 e. The second-order valence-corrected chi connectivity index (χ2v) is 5.06. The summed E-state index contributed by atoms with van der Waals surface area (Å²) >= 11 is 0. The summed E-state index contributed by atoms with van der Waals surface area (Å²) < 4.78 is 27.8. The number of nitrogens with zero attached hydrogens (tertiary/aromatic N) is 2. The lowest BCUT2D eigenvalue weighted by Gasteiger charge is -2.23. The van der Waals surface area contributed by atoms with Crippen LogP contribution in [-0.4, -0.2) is 37.5 Å². The summed E-state index contributed by atoms with van der Waals surface area (Å²) in [7, 11) is 1.51.